The van der Waals surface area contributed by atoms with Gasteiger partial charge in [-0.25, -0.2) is 0 Å². The van der Waals surface area contributed by atoms with Crippen LogP contribution in [-0.4, -0.2) is 24.0 Å². The van der Waals surface area contributed by atoms with Gasteiger partial charge < -0.3 is 30.4 Å². The Balaban J connectivity index is 0.00000312. The zero-order valence-electron chi connectivity index (χ0n) is 15.0. The summed E-state index contributed by atoms with van der Waals surface area (Å²) in [6.45, 7) is 0.409. The Labute approximate surface area is 197 Å². The van der Waals surface area contributed by atoms with Crippen LogP contribution in [0.15, 0.2) is 60.7 Å². The van der Waals surface area contributed by atoms with Crippen molar-refractivity contribution < 1.29 is 78.9 Å². The molecule has 6 nitrogen and oxygen atoms in total. The van der Waals surface area contributed by atoms with Crippen molar-refractivity contribution in [2.75, 3.05) is 0 Å². The van der Waals surface area contributed by atoms with E-state index in [4.69, 9.17) is 0 Å². The molecule has 2 atom stereocenters. The number of carbonyl (C=O) groups is 2. The molecule has 0 aliphatic heterocycles. The zero-order valence-corrected chi connectivity index (χ0v) is 19.0. The molecule has 126 valence electrons. The minimum atomic E-state index is -1.50. The van der Waals surface area contributed by atoms with E-state index in [1.807, 2.05) is 60.7 Å². The molecule has 0 saturated carbocycles. The van der Waals surface area contributed by atoms with Crippen molar-refractivity contribution in [1.82, 2.24) is 10.6 Å². The first-order chi connectivity index (χ1) is 11.6. The third-order valence-corrected chi connectivity index (χ3v) is 3.58. The van der Waals surface area contributed by atoms with Crippen LogP contribution in [0.1, 0.15) is 11.1 Å². The fraction of sp³-hybridized carbons (Fsp3) is 0.222. The van der Waals surface area contributed by atoms with Gasteiger partial charge in [0, 0.05) is 13.1 Å². The van der Waals surface area contributed by atoms with Crippen LogP contribution in [0.25, 0.3) is 0 Å². The molecule has 0 amide bonds. The third-order valence-electron chi connectivity index (χ3n) is 3.58. The van der Waals surface area contributed by atoms with Crippen LogP contribution in [0.4, 0.5) is 0 Å². The maximum atomic E-state index is 11.4. The molecule has 26 heavy (non-hydrogen) atoms. The Morgan fingerprint density at radius 2 is 1.00 bits per heavy atom. The summed E-state index contributed by atoms with van der Waals surface area (Å²) in [5.41, 5.74) is 1.67. The molecule has 0 unspecified atom stereocenters. The van der Waals surface area contributed by atoms with Crippen molar-refractivity contribution in [3.63, 3.8) is 0 Å². The smallest absolute Gasteiger partial charge is 0.548 e. The number of rotatable bonds is 9. The maximum Gasteiger partial charge on any atom is 1.00 e. The standard InChI is InChI=1S/C18H20N2O4.2Na/c21-17(22)15(19-11-13-7-3-1-4-8-13)16(18(23)24)20-12-14-9-5-2-6-10-14;;/h1-10,15-16,19-20H,11-12H2,(H,21,22)(H,23,24);;/q;2*+1/p-2/t15-,16+;;. The molecule has 0 aromatic heterocycles. The molecule has 0 aliphatic rings. The van der Waals surface area contributed by atoms with Gasteiger partial charge in [0.1, 0.15) is 0 Å². The van der Waals surface area contributed by atoms with Gasteiger partial charge in [-0.1, -0.05) is 60.7 Å². The van der Waals surface area contributed by atoms with Crippen LogP contribution in [0.3, 0.4) is 0 Å². The van der Waals surface area contributed by atoms with Gasteiger partial charge in [-0.05, 0) is 11.1 Å². The summed E-state index contributed by atoms with van der Waals surface area (Å²) in [4.78, 5) is 22.7. The van der Waals surface area contributed by atoms with Gasteiger partial charge in [0.05, 0.1) is 24.0 Å². The minimum Gasteiger partial charge on any atom is -0.548 e. The van der Waals surface area contributed by atoms with Gasteiger partial charge in [-0.15, -0.1) is 0 Å². The second kappa shape index (κ2) is 13.5. The Hall–Kier alpha value is -0.700. The summed E-state index contributed by atoms with van der Waals surface area (Å²) in [6, 6.07) is 15.3. The molecule has 0 heterocycles. The summed E-state index contributed by atoms with van der Waals surface area (Å²) in [6.07, 6.45) is 0. The minimum absolute atomic E-state index is 0. The number of carbonyl (C=O) groups excluding carboxylic acids is 2. The van der Waals surface area contributed by atoms with E-state index < -0.39 is 24.0 Å². The fourth-order valence-electron chi connectivity index (χ4n) is 2.32. The fourth-order valence-corrected chi connectivity index (χ4v) is 2.32. The first kappa shape index (κ1) is 25.3. The quantitative estimate of drug-likeness (QED) is 0.424. The first-order valence-corrected chi connectivity index (χ1v) is 7.54. The summed E-state index contributed by atoms with van der Waals surface area (Å²) in [7, 11) is 0. The second-order valence-electron chi connectivity index (χ2n) is 5.33. The molecule has 0 saturated heterocycles. The molecule has 0 fully saturated rings. The third kappa shape index (κ3) is 8.33. The van der Waals surface area contributed by atoms with Crippen molar-refractivity contribution in [2.24, 2.45) is 0 Å². The topological polar surface area (TPSA) is 104 Å². The van der Waals surface area contributed by atoms with Crippen molar-refractivity contribution in [2.45, 2.75) is 25.2 Å². The van der Waals surface area contributed by atoms with Crippen LogP contribution in [0, 0.1) is 0 Å². The average Bonchev–Trinajstić information content (AvgIpc) is 2.59. The van der Waals surface area contributed by atoms with E-state index in [1.165, 1.54) is 0 Å². The largest absolute Gasteiger partial charge is 1.00 e. The molecule has 2 rings (SSSR count). The number of hydrogen-bond donors (Lipinski definition) is 2. The van der Waals surface area contributed by atoms with E-state index in [2.05, 4.69) is 10.6 Å². The summed E-state index contributed by atoms with van der Waals surface area (Å²) in [5.74, 6) is -3.00. The summed E-state index contributed by atoms with van der Waals surface area (Å²) < 4.78 is 0. The normalized spacial score (nSPS) is 12.2. The number of benzene rings is 2. The Kier molecular flexibility index (Phi) is 13.1. The van der Waals surface area contributed by atoms with E-state index in [0.29, 0.717) is 0 Å². The number of nitrogens with one attached hydrogen (secondary N) is 2. The van der Waals surface area contributed by atoms with Crippen LogP contribution < -0.4 is 80.0 Å². The molecule has 0 radical (unpaired) electrons. The van der Waals surface area contributed by atoms with Crippen LogP contribution in [0.2, 0.25) is 0 Å². The monoisotopic (exact) mass is 372 g/mol. The molecule has 0 spiro atoms. The number of carboxylic acids is 2. The van der Waals surface area contributed by atoms with E-state index in [0.717, 1.165) is 11.1 Å². The van der Waals surface area contributed by atoms with Crippen molar-refractivity contribution >= 4 is 11.9 Å². The first-order valence-electron chi connectivity index (χ1n) is 7.54. The van der Waals surface area contributed by atoms with Crippen LogP contribution >= 0.6 is 0 Å². The van der Waals surface area contributed by atoms with Crippen molar-refractivity contribution in [3.8, 4) is 0 Å². The number of hydrogen-bond acceptors (Lipinski definition) is 6. The molecular formula is C18H18N2Na2O4. The summed E-state index contributed by atoms with van der Waals surface area (Å²) in [5, 5.41) is 28.2. The van der Waals surface area contributed by atoms with E-state index >= 15 is 0 Å². The summed E-state index contributed by atoms with van der Waals surface area (Å²) >= 11 is 0. The Morgan fingerprint density at radius 1 is 0.692 bits per heavy atom. The van der Waals surface area contributed by atoms with Crippen LogP contribution in [0.5, 0.6) is 0 Å². The van der Waals surface area contributed by atoms with E-state index in [1.54, 1.807) is 0 Å². The number of carboxylic acid groups (broad SMARTS) is 2. The van der Waals surface area contributed by atoms with Crippen molar-refractivity contribution in [1.29, 1.82) is 0 Å². The van der Waals surface area contributed by atoms with Gasteiger partial charge in [-0.2, -0.15) is 0 Å². The molecule has 0 bridgehead atoms. The molecule has 2 aromatic carbocycles. The van der Waals surface area contributed by atoms with Crippen LogP contribution in [-0.2, 0) is 22.7 Å². The van der Waals surface area contributed by atoms with Gasteiger partial charge in [0.2, 0.25) is 0 Å². The van der Waals surface area contributed by atoms with Gasteiger partial charge in [-0.3, -0.25) is 0 Å². The molecular weight excluding hydrogens is 354 g/mol. The van der Waals surface area contributed by atoms with E-state index in [-0.39, 0.29) is 72.2 Å². The predicted molar refractivity (Wildman–Crippen MR) is 84.2 cm³/mol. The predicted octanol–water partition coefficient (Wildman–Crippen LogP) is -7.19. The molecule has 0 aliphatic carbocycles. The van der Waals surface area contributed by atoms with Crippen molar-refractivity contribution in [3.05, 3.63) is 71.8 Å². The molecule has 8 heteroatoms. The van der Waals surface area contributed by atoms with Gasteiger partial charge in [0.15, 0.2) is 0 Å². The van der Waals surface area contributed by atoms with E-state index in [9.17, 15) is 19.8 Å². The maximum absolute atomic E-state index is 11.4. The average molecular weight is 372 g/mol. The molecule has 2 aromatic rings. The molecule has 2 N–H and O–H groups in total. The van der Waals surface area contributed by atoms with Gasteiger partial charge >= 0.3 is 59.1 Å². The number of aliphatic carboxylic acids is 2. The van der Waals surface area contributed by atoms with Gasteiger partial charge in [0.25, 0.3) is 0 Å². The Bertz CT molecular complexity index is 612. The Morgan fingerprint density at radius 3 is 1.27 bits per heavy atom. The zero-order chi connectivity index (χ0) is 17.4. The SMILES string of the molecule is O=C([O-])[C@@H](NCc1ccccc1)[C@@H](NCc1ccccc1)C(=O)[O-].[Na+].[Na+]. The second-order valence-corrected chi connectivity index (χ2v) is 5.33.